The van der Waals surface area contributed by atoms with E-state index in [1.807, 2.05) is 16.7 Å². The van der Waals surface area contributed by atoms with Crippen molar-refractivity contribution in [3.05, 3.63) is 0 Å². The van der Waals surface area contributed by atoms with E-state index in [0.29, 0.717) is 12.6 Å². The molecule has 0 aliphatic carbocycles. The molecule has 15 heavy (non-hydrogen) atoms. The first-order chi connectivity index (χ1) is 7.33. The van der Waals surface area contributed by atoms with Crippen LogP contribution in [0.2, 0.25) is 0 Å². The van der Waals surface area contributed by atoms with E-state index in [2.05, 4.69) is 0 Å². The van der Waals surface area contributed by atoms with Crippen LogP contribution in [0.15, 0.2) is 0 Å². The second-order valence-electron chi connectivity index (χ2n) is 4.02. The quantitative estimate of drug-likeness (QED) is 0.732. The van der Waals surface area contributed by atoms with Crippen LogP contribution in [-0.2, 0) is 9.53 Å². The lowest BCUT2D eigenvalue weighted by molar-refractivity contribution is -0.153. The lowest BCUT2D eigenvalue weighted by atomic mass is 10.1. The number of amides is 1. The topological polar surface area (TPSA) is 49.8 Å². The summed E-state index contributed by atoms with van der Waals surface area (Å²) in [5.74, 6) is 2.23. The number of aliphatic hydroxyl groups is 1. The minimum atomic E-state index is -0.130. The predicted octanol–water partition coefficient (Wildman–Crippen LogP) is 0.102. The smallest absolute Gasteiger partial charge is 0.249 e. The number of carbonyl (C=O) groups is 1. The molecule has 0 saturated carbocycles. The maximum Gasteiger partial charge on any atom is 0.249 e. The molecule has 2 heterocycles. The standard InChI is InChI=1S/C10H17NO3S/c12-4-9-5-14-6-10(13)11(9)8-2-1-3-15-7-8/h8-9,12H,1-7H2. The zero-order chi connectivity index (χ0) is 10.7. The van der Waals surface area contributed by atoms with Crippen LogP contribution in [0.5, 0.6) is 0 Å². The van der Waals surface area contributed by atoms with E-state index in [4.69, 9.17) is 4.74 Å². The molecule has 2 aliphatic heterocycles. The molecule has 0 aromatic rings. The Balaban J connectivity index is 2.03. The SMILES string of the molecule is O=C1COCC(CO)N1C1CCCSC1. The van der Waals surface area contributed by atoms with Gasteiger partial charge < -0.3 is 14.7 Å². The fraction of sp³-hybridized carbons (Fsp3) is 0.900. The zero-order valence-electron chi connectivity index (χ0n) is 8.72. The van der Waals surface area contributed by atoms with E-state index in [0.717, 1.165) is 18.6 Å². The van der Waals surface area contributed by atoms with E-state index in [1.165, 1.54) is 5.75 Å². The summed E-state index contributed by atoms with van der Waals surface area (Å²) in [6.07, 6.45) is 2.23. The van der Waals surface area contributed by atoms with E-state index in [-0.39, 0.29) is 25.2 Å². The third-order valence-electron chi connectivity index (χ3n) is 2.96. The molecule has 0 bridgehead atoms. The van der Waals surface area contributed by atoms with Crippen LogP contribution in [0.1, 0.15) is 12.8 Å². The average Bonchev–Trinajstić information content (AvgIpc) is 2.29. The maximum atomic E-state index is 11.7. The van der Waals surface area contributed by atoms with Crippen molar-refractivity contribution in [2.24, 2.45) is 0 Å². The van der Waals surface area contributed by atoms with Crippen molar-refractivity contribution in [2.75, 3.05) is 31.3 Å². The molecule has 2 fully saturated rings. The normalized spacial score (nSPS) is 33.1. The van der Waals surface area contributed by atoms with Gasteiger partial charge in [-0.3, -0.25) is 4.79 Å². The molecule has 2 rings (SSSR count). The number of carbonyl (C=O) groups excluding carboxylic acids is 1. The number of nitrogens with zero attached hydrogens (tertiary/aromatic N) is 1. The van der Waals surface area contributed by atoms with E-state index in [9.17, 15) is 9.90 Å². The van der Waals surface area contributed by atoms with Gasteiger partial charge >= 0.3 is 0 Å². The molecule has 2 unspecified atom stereocenters. The number of ether oxygens (including phenoxy) is 1. The Kier molecular flexibility index (Phi) is 3.88. The lowest BCUT2D eigenvalue weighted by Gasteiger charge is -2.41. The van der Waals surface area contributed by atoms with Gasteiger partial charge in [-0.05, 0) is 18.6 Å². The Morgan fingerprint density at radius 3 is 3.13 bits per heavy atom. The van der Waals surface area contributed by atoms with Crippen LogP contribution in [-0.4, -0.2) is 59.3 Å². The summed E-state index contributed by atoms with van der Waals surface area (Å²) in [7, 11) is 0. The highest BCUT2D eigenvalue weighted by molar-refractivity contribution is 7.99. The monoisotopic (exact) mass is 231 g/mol. The number of morpholine rings is 1. The van der Waals surface area contributed by atoms with Gasteiger partial charge in [0.25, 0.3) is 0 Å². The highest BCUT2D eigenvalue weighted by atomic mass is 32.2. The van der Waals surface area contributed by atoms with Crippen LogP contribution in [0.4, 0.5) is 0 Å². The third kappa shape index (κ3) is 2.46. The molecule has 0 radical (unpaired) electrons. The van der Waals surface area contributed by atoms with Gasteiger partial charge in [0.05, 0.1) is 19.3 Å². The van der Waals surface area contributed by atoms with Gasteiger partial charge in [0.1, 0.15) is 6.61 Å². The van der Waals surface area contributed by atoms with Crippen molar-refractivity contribution in [2.45, 2.75) is 24.9 Å². The van der Waals surface area contributed by atoms with Crippen molar-refractivity contribution >= 4 is 17.7 Å². The van der Waals surface area contributed by atoms with Gasteiger partial charge in [-0.15, -0.1) is 0 Å². The molecule has 2 saturated heterocycles. The molecule has 2 atom stereocenters. The average molecular weight is 231 g/mol. The lowest BCUT2D eigenvalue weighted by Crippen LogP contribution is -2.56. The second kappa shape index (κ2) is 5.18. The summed E-state index contributed by atoms with van der Waals surface area (Å²) in [6.45, 7) is 0.661. The summed E-state index contributed by atoms with van der Waals surface area (Å²) in [5, 5.41) is 9.23. The van der Waals surface area contributed by atoms with Crippen LogP contribution < -0.4 is 0 Å². The highest BCUT2D eigenvalue weighted by Gasteiger charge is 2.34. The van der Waals surface area contributed by atoms with Gasteiger partial charge in [-0.1, -0.05) is 0 Å². The predicted molar refractivity (Wildman–Crippen MR) is 58.9 cm³/mol. The number of aliphatic hydroxyl groups excluding tert-OH is 1. The molecule has 4 nitrogen and oxygen atoms in total. The third-order valence-corrected chi connectivity index (χ3v) is 4.16. The van der Waals surface area contributed by atoms with E-state index in [1.54, 1.807) is 0 Å². The second-order valence-corrected chi connectivity index (χ2v) is 5.17. The highest BCUT2D eigenvalue weighted by Crippen LogP contribution is 2.24. The Morgan fingerprint density at radius 2 is 2.47 bits per heavy atom. The van der Waals surface area contributed by atoms with Gasteiger partial charge in [-0.25, -0.2) is 0 Å². The Hall–Kier alpha value is -0.260. The molecular weight excluding hydrogens is 214 g/mol. The minimum absolute atomic E-state index is 0.00685. The van der Waals surface area contributed by atoms with Crippen molar-refractivity contribution < 1.29 is 14.6 Å². The largest absolute Gasteiger partial charge is 0.394 e. The summed E-state index contributed by atoms with van der Waals surface area (Å²) < 4.78 is 5.15. The molecule has 2 aliphatic rings. The molecule has 5 heteroatoms. The zero-order valence-corrected chi connectivity index (χ0v) is 9.54. The van der Waals surface area contributed by atoms with Crippen LogP contribution in [0.3, 0.4) is 0 Å². The molecular formula is C10H17NO3S. The van der Waals surface area contributed by atoms with Gasteiger partial charge in [-0.2, -0.15) is 11.8 Å². The Bertz CT molecular complexity index is 231. The van der Waals surface area contributed by atoms with Crippen molar-refractivity contribution in [3.63, 3.8) is 0 Å². The molecule has 0 aromatic heterocycles. The molecule has 0 spiro atoms. The van der Waals surface area contributed by atoms with Gasteiger partial charge in [0, 0.05) is 11.8 Å². The first-order valence-electron chi connectivity index (χ1n) is 5.40. The molecule has 86 valence electrons. The minimum Gasteiger partial charge on any atom is -0.394 e. The van der Waals surface area contributed by atoms with E-state index >= 15 is 0 Å². The van der Waals surface area contributed by atoms with Crippen molar-refractivity contribution in [3.8, 4) is 0 Å². The first kappa shape index (κ1) is 11.2. The van der Waals surface area contributed by atoms with Gasteiger partial charge in [0.15, 0.2) is 0 Å². The fourth-order valence-electron chi connectivity index (χ4n) is 2.23. The number of hydrogen-bond donors (Lipinski definition) is 1. The van der Waals surface area contributed by atoms with E-state index < -0.39 is 0 Å². The van der Waals surface area contributed by atoms with Crippen molar-refractivity contribution in [1.82, 2.24) is 4.90 Å². The van der Waals surface area contributed by atoms with Gasteiger partial charge in [0.2, 0.25) is 5.91 Å². The summed E-state index contributed by atoms with van der Waals surface area (Å²) in [6, 6.07) is 0.173. The first-order valence-corrected chi connectivity index (χ1v) is 6.56. The molecule has 1 N–H and O–H groups in total. The number of thioether (sulfide) groups is 1. The number of rotatable bonds is 2. The summed E-state index contributed by atoms with van der Waals surface area (Å²) >= 11 is 1.89. The summed E-state index contributed by atoms with van der Waals surface area (Å²) in [5.41, 5.74) is 0. The number of hydrogen-bond acceptors (Lipinski definition) is 4. The molecule has 1 amide bonds. The summed E-state index contributed by atoms with van der Waals surface area (Å²) in [4.78, 5) is 13.6. The van der Waals surface area contributed by atoms with Crippen LogP contribution >= 0.6 is 11.8 Å². The fourth-order valence-corrected chi connectivity index (χ4v) is 3.36. The van der Waals surface area contributed by atoms with Crippen molar-refractivity contribution in [1.29, 1.82) is 0 Å². The van der Waals surface area contributed by atoms with Crippen LogP contribution in [0, 0.1) is 0 Å². The Labute approximate surface area is 94.0 Å². The molecule has 0 aromatic carbocycles. The van der Waals surface area contributed by atoms with Crippen LogP contribution in [0.25, 0.3) is 0 Å². The maximum absolute atomic E-state index is 11.7. The Morgan fingerprint density at radius 1 is 1.60 bits per heavy atom.